The molecule has 0 aliphatic carbocycles. The molecule has 0 saturated heterocycles. The van der Waals surface area contributed by atoms with Crippen molar-refractivity contribution in [1.29, 1.82) is 0 Å². The number of rotatable bonds is 4. The molecular formula is C12H13ClN2O2. The van der Waals surface area contributed by atoms with Gasteiger partial charge in [0.05, 0.1) is 28.9 Å². The lowest BCUT2D eigenvalue weighted by molar-refractivity contribution is 0.105. The minimum absolute atomic E-state index is 0.267. The fraction of sp³-hybridized carbons (Fsp3) is 0.250. The average Bonchev–Trinajstić information content (AvgIpc) is 2.35. The Labute approximate surface area is 104 Å². The summed E-state index contributed by atoms with van der Waals surface area (Å²) >= 11 is 5.87. The lowest BCUT2D eigenvalue weighted by Crippen LogP contribution is -2.23. The number of fused-ring (bicyclic) bond motifs is 1. The van der Waals surface area contributed by atoms with Crippen molar-refractivity contribution in [2.24, 2.45) is 0 Å². The summed E-state index contributed by atoms with van der Waals surface area (Å²) in [6, 6.07) is 7.50. The van der Waals surface area contributed by atoms with Crippen LogP contribution in [0.15, 0.2) is 30.5 Å². The van der Waals surface area contributed by atoms with Crippen LogP contribution in [0.3, 0.4) is 0 Å². The summed E-state index contributed by atoms with van der Waals surface area (Å²) in [5.74, 6) is 0. The number of benzene rings is 1. The van der Waals surface area contributed by atoms with E-state index in [-0.39, 0.29) is 13.2 Å². The number of nitrogens with one attached hydrogen (secondary N) is 1. The maximum Gasteiger partial charge on any atom is 0.0942 e. The highest BCUT2D eigenvalue weighted by atomic mass is 35.5. The maximum absolute atomic E-state index is 9.28. The molecule has 0 spiro atoms. The van der Waals surface area contributed by atoms with E-state index in [4.69, 9.17) is 16.7 Å². The van der Waals surface area contributed by atoms with Gasteiger partial charge in [-0.25, -0.2) is 0 Å². The first-order chi connectivity index (χ1) is 8.20. The van der Waals surface area contributed by atoms with Crippen LogP contribution in [-0.2, 0) is 0 Å². The van der Waals surface area contributed by atoms with Gasteiger partial charge in [-0.2, -0.15) is 0 Å². The number of pyridine rings is 1. The zero-order chi connectivity index (χ0) is 12.3. The lowest BCUT2D eigenvalue weighted by Gasteiger charge is -2.11. The standard InChI is InChI=1S/C12H13ClN2O2/c13-9-4-8-2-1-3-11(12(8)15-5-9)14-6-10(17)7-16/h1-5,10,14,16-17H,6-7H2. The zero-order valence-corrected chi connectivity index (χ0v) is 9.85. The van der Waals surface area contributed by atoms with E-state index in [2.05, 4.69) is 10.3 Å². The smallest absolute Gasteiger partial charge is 0.0942 e. The van der Waals surface area contributed by atoms with Crippen molar-refractivity contribution in [3.63, 3.8) is 0 Å². The van der Waals surface area contributed by atoms with Gasteiger partial charge in [0.15, 0.2) is 0 Å². The van der Waals surface area contributed by atoms with Crippen LogP contribution in [0.1, 0.15) is 0 Å². The summed E-state index contributed by atoms with van der Waals surface area (Å²) in [4.78, 5) is 4.25. The molecule has 0 aliphatic heterocycles. The number of aliphatic hydroxyl groups is 2. The van der Waals surface area contributed by atoms with E-state index in [0.29, 0.717) is 5.02 Å². The third kappa shape index (κ3) is 2.85. The monoisotopic (exact) mass is 252 g/mol. The Balaban J connectivity index is 2.28. The lowest BCUT2D eigenvalue weighted by atomic mass is 10.2. The van der Waals surface area contributed by atoms with Crippen molar-refractivity contribution in [3.05, 3.63) is 35.5 Å². The molecule has 1 aromatic carbocycles. The van der Waals surface area contributed by atoms with Gasteiger partial charge in [0.25, 0.3) is 0 Å². The fourth-order valence-electron chi connectivity index (χ4n) is 1.57. The molecule has 2 aromatic rings. The first kappa shape index (κ1) is 12.1. The van der Waals surface area contributed by atoms with Gasteiger partial charge in [-0.3, -0.25) is 4.98 Å². The summed E-state index contributed by atoms with van der Waals surface area (Å²) in [6.07, 6.45) is 0.801. The summed E-state index contributed by atoms with van der Waals surface area (Å²) < 4.78 is 0. The summed E-state index contributed by atoms with van der Waals surface area (Å²) in [6.45, 7) is 0.0109. The largest absolute Gasteiger partial charge is 0.394 e. The molecule has 4 nitrogen and oxygen atoms in total. The molecule has 0 radical (unpaired) electrons. The Morgan fingerprint density at radius 1 is 1.41 bits per heavy atom. The van der Waals surface area contributed by atoms with Gasteiger partial charge in [-0.1, -0.05) is 23.7 Å². The van der Waals surface area contributed by atoms with Crippen LogP contribution in [0.25, 0.3) is 10.9 Å². The Bertz CT molecular complexity index is 519. The summed E-state index contributed by atoms with van der Waals surface area (Å²) in [5, 5.41) is 22.6. The molecular weight excluding hydrogens is 240 g/mol. The SMILES string of the molecule is OCC(O)CNc1cccc2cc(Cl)cnc12. The number of halogens is 1. The van der Waals surface area contributed by atoms with Crippen LogP contribution in [0.4, 0.5) is 5.69 Å². The molecule has 0 amide bonds. The molecule has 1 aromatic heterocycles. The van der Waals surface area contributed by atoms with E-state index in [1.807, 2.05) is 24.3 Å². The van der Waals surface area contributed by atoms with Crippen molar-refractivity contribution < 1.29 is 10.2 Å². The molecule has 1 heterocycles. The van der Waals surface area contributed by atoms with E-state index in [1.54, 1.807) is 6.20 Å². The number of aliphatic hydroxyl groups excluding tert-OH is 2. The molecule has 0 saturated carbocycles. The van der Waals surface area contributed by atoms with Crippen LogP contribution in [0.5, 0.6) is 0 Å². The molecule has 1 unspecified atom stereocenters. The second-order valence-corrected chi connectivity index (χ2v) is 4.18. The second kappa shape index (κ2) is 5.31. The zero-order valence-electron chi connectivity index (χ0n) is 9.10. The van der Waals surface area contributed by atoms with E-state index in [9.17, 15) is 5.11 Å². The molecule has 0 bridgehead atoms. The Kier molecular flexibility index (Phi) is 3.78. The second-order valence-electron chi connectivity index (χ2n) is 3.75. The average molecular weight is 253 g/mol. The minimum Gasteiger partial charge on any atom is -0.394 e. The Morgan fingerprint density at radius 3 is 3.00 bits per heavy atom. The number of anilines is 1. The number of nitrogens with zero attached hydrogens (tertiary/aromatic N) is 1. The van der Waals surface area contributed by atoms with Crippen LogP contribution in [0.2, 0.25) is 5.02 Å². The van der Waals surface area contributed by atoms with Crippen molar-refractivity contribution in [2.45, 2.75) is 6.10 Å². The van der Waals surface area contributed by atoms with Crippen LogP contribution >= 0.6 is 11.6 Å². The molecule has 0 aliphatic rings. The van der Waals surface area contributed by atoms with Gasteiger partial charge < -0.3 is 15.5 Å². The molecule has 17 heavy (non-hydrogen) atoms. The number of hydrogen-bond acceptors (Lipinski definition) is 4. The first-order valence-corrected chi connectivity index (χ1v) is 5.65. The van der Waals surface area contributed by atoms with Gasteiger partial charge in [-0.05, 0) is 12.1 Å². The molecule has 0 fully saturated rings. The highest BCUT2D eigenvalue weighted by Gasteiger charge is 2.05. The maximum atomic E-state index is 9.28. The van der Waals surface area contributed by atoms with Crippen molar-refractivity contribution in [1.82, 2.24) is 4.98 Å². The van der Waals surface area contributed by atoms with Crippen molar-refractivity contribution in [3.8, 4) is 0 Å². The highest BCUT2D eigenvalue weighted by Crippen LogP contribution is 2.23. The van der Waals surface area contributed by atoms with Gasteiger partial charge in [0, 0.05) is 18.1 Å². The summed E-state index contributed by atoms with van der Waals surface area (Å²) in [5.41, 5.74) is 1.61. The summed E-state index contributed by atoms with van der Waals surface area (Å²) in [7, 11) is 0. The van der Waals surface area contributed by atoms with Crippen molar-refractivity contribution in [2.75, 3.05) is 18.5 Å². The van der Waals surface area contributed by atoms with Gasteiger partial charge in [0.1, 0.15) is 0 Å². The third-order valence-corrected chi connectivity index (χ3v) is 2.62. The number of para-hydroxylation sites is 1. The van der Waals surface area contributed by atoms with Crippen LogP contribution in [-0.4, -0.2) is 34.5 Å². The van der Waals surface area contributed by atoms with Gasteiger partial charge in [-0.15, -0.1) is 0 Å². The molecule has 3 N–H and O–H groups in total. The molecule has 5 heteroatoms. The number of hydrogen-bond donors (Lipinski definition) is 3. The molecule has 2 rings (SSSR count). The van der Waals surface area contributed by atoms with E-state index in [1.165, 1.54) is 0 Å². The van der Waals surface area contributed by atoms with Crippen LogP contribution < -0.4 is 5.32 Å². The third-order valence-electron chi connectivity index (χ3n) is 2.42. The normalized spacial score (nSPS) is 12.6. The molecule has 1 atom stereocenters. The Hall–Kier alpha value is -1.36. The van der Waals surface area contributed by atoms with E-state index >= 15 is 0 Å². The van der Waals surface area contributed by atoms with Gasteiger partial charge >= 0.3 is 0 Å². The quantitative estimate of drug-likeness (QED) is 0.774. The predicted octanol–water partition coefficient (Wildman–Crippen LogP) is 1.65. The number of aromatic nitrogens is 1. The Morgan fingerprint density at radius 2 is 2.24 bits per heavy atom. The topological polar surface area (TPSA) is 65.4 Å². The van der Waals surface area contributed by atoms with Crippen LogP contribution in [0, 0.1) is 0 Å². The first-order valence-electron chi connectivity index (χ1n) is 5.28. The van der Waals surface area contributed by atoms with Gasteiger partial charge in [0.2, 0.25) is 0 Å². The minimum atomic E-state index is -0.780. The predicted molar refractivity (Wildman–Crippen MR) is 68.3 cm³/mol. The highest BCUT2D eigenvalue weighted by molar-refractivity contribution is 6.31. The fourth-order valence-corrected chi connectivity index (χ4v) is 1.74. The van der Waals surface area contributed by atoms with E-state index in [0.717, 1.165) is 16.6 Å². The molecule has 90 valence electrons. The van der Waals surface area contributed by atoms with E-state index < -0.39 is 6.10 Å². The van der Waals surface area contributed by atoms with Crippen molar-refractivity contribution >= 4 is 28.2 Å².